The second-order valence-corrected chi connectivity index (χ2v) is 20.4. The van der Waals surface area contributed by atoms with Crippen molar-refractivity contribution in [3.05, 3.63) is 63.5 Å². The van der Waals surface area contributed by atoms with Crippen LogP contribution in [-0.4, -0.2) is 19.3 Å². The van der Waals surface area contributed by atoms with Crippen LogP contribution in [0, 0.1) is 5.41 Å². The fraction of sp³-hybridized carbons (Fsp3) is 0.657. The second-order valence-electron chi connectivity index (χ2n) is 15.6. The standard InChI is InChI=1S/C35H48F3NO4Si/c1-20(2)28-26-27(34(17-11-12-18-34)42-30(26)22-13-15-23(16-14-22)35(36,37)38)25-24(43-44(9,10)32(4,5)6)19-33(7,8)31(29(25)39-28)41-21(3)40/h13-16,20,24,30-31H,11-12,17-19H2,1-10H3/t24?,30-,31+/m1/s1. The molecule has 0 saturated heterocycles. The highest BCUT2D eigenvalue weighted by atomic mass is 28.4. The zero-order valence-electron chi connectivity index (χ0n) is 27.9. The van der Waals surface area contributed by atoms with Crippen LogP contribution in [0.1, 0.15) is 151 Å². The Morgan fingerprint density at radius 1 is 1.05 bits per heavy atom. The summed E-state index contributed by atoms with van der Waals surface area (Å²) in [5.74, 6) is -0.366. The summed E-state index contributed by atoms with van der Waals surface area (Å²) in [6.07, 6.45) is -1.62. The lowest BCUT2D eigenvalue weighted by Crippen LogP contribution is -2.45. The molecule has 44 heavy (non-hydrogen) atoms. The van der Waals surface area contributed by atoms with Gasteiger partial charge in [0.15, 0.2) is 8.32 Å². The number of halogens is 3. The van der Waals surface area contributed by atoms with Crippen molar-refractivity contribution < 1.29 is 31.9 Å². The number of carbonyl (C=O) groups excluding carboxylic acids is 1. The minimum Gasteiger partial charge on any atom is -0.455 e. The number of ether oxygens (including phenoxy) is 2. The van der Waals surface area contributed by atoms with Crippen LogP contribution < -0.4 is 0 Å². The summed E-state index contributed by atoms with van der Waals surface area (Å²) in [7, 11) is -2.28. The molecule has 0 amide bonds. The number of aromatic nitrogens is 1. The molecule has 3 atom stereocenters. The minimum absolute atomic E-state index is 0.00562. The van der Waals surface area contributed by atoms with Crippen LogP contribution in [0.4, 0.5) is 13.2 Å². The summed E-state index contributed by atoms with van der Waals surface area (Å²) in [6, 6.07) is 5.37. The first-order valence-electron chi connectivity index (χ1n) is 16.0. The van der Waals surface area contributed by atoms with E-state index in [1.807, 2.05) is 0 Å². The van der Waals surface area contributed by atoms with E-state index in [1.54, 1.807) is 12.1 Å². The molecule has 2 heterocycles. The molecule has 0 N–H and O–H groups in total. The number of hydrogen-bond acceptors (Lipinski definition) is 5. The van der Waals surface area contributed by atoms with E-state index in [2.05, 4.69) is 61.6 Å². The lowest BCUT2D eigenvalue weighted by Gasteiger charge is -2.48. The highest BCUT2D eigenvalue weighted by Gasteiger charge is 2.56. The maximum atomic E-state index is 13.5. The number of hydrogen-bond donors (Lipinski definition) is 0. The van der Waals surface area contributed by atoms with Crippen molar-refractivity contribution in [1.82, 2.24) is 4.98 Å². The summed E-state index contributed by atoms with van der Waals surface area (Å²) in [6.45, 7) is 21.0. The monoisotopic (exact) mass is 631 g/mol. The van der Waals surface area contributed by atoms with E-state index in [0.717, 1.165) is 65.9 Å². The van der Waals surface area contributed by atoms with Crippen molar-refractivity contribution in [3.8, 4) is 0 Å². The third-order valence-corrected chi connectivity index (χ3v) is 14.9. The van der Waals surface area contributed by atoms with Crippen molar-refractivity contribution in [2.75, 3.05) is 0 Å². The zero-order chi connectivity index (χ0) is 32.6. The van der Waals surface area contributed by atoms with Gasteiger partial charge in [0.05, 0.1) is 23.0 Å². The van der Waals surface area contributed by atoms with Crippen molar-refractivity contribution in [3.63, 3.8) is 0 Å². The fourth-order valence-corrected chi connectivity index (χ4v) is 8.45. The van der Waals surface area contributed by atoms with Gasteiger partial charge in [0, 0.05) is 29.2 Å². The smallest absolute Gasteiger partial charge is 0.416 e. The molecule has 1 unspecified atom stereocenters. The summed E-state index contributed by atoms with van der Waals surface area (Å²) in [5, 5.41) is -0.0389. The maximum absolute atomic E-state index is 13.5. The Balaban J connectivity index is 1.82. The van der Waals surface area contributed by atoms with E-state index in [1.165, 1.54) is 6.92 Å². The molecule has 242 valence electrons. The third-order valence-electron chi connectivity index (χ3n) is 10.4. The highest BCUT2D eigenvalue weighted by Crippen LogP contribution is 2.62. The number of fused-ring (bicyclic) bond motifs is 4. The third kappa shape index (κ3) is 5.66. The molecule has 0 bridgehead atoms. The Kier molecular flexibility index (Phi) is 8.24. The largest absolute Gasteiger partial charge is 0.455 e. The molecule has 1 aromatic carbocycles. The lowest BCUT2D eigenvalue weighted by molar-refractivity contribution is -0.156. The van der Waals surface area contributed by atoms with Crippen LogP contribution in [0.5, 0.6) is 0 Å². The molecule has 2 aliphatic carbocycles. The van der Waals surface area contributed by atoms with Gasteiger partial charge in [-0.15, -0.1) is 0 Å². The molecule has 1 saturated carbocycles. The number of benzene rings is 1. The van der Waals surface area contributed by atoms with Crippen molar-refractivity contribution >= 4 is 14.3 Å². The Morgan fingerprint density at radius 3 is 2.14 bits per heavy atom. The number of nitrogens with zero attached hydrogens (tertiary/aromatic N) is 1. The maximum Gasteiger partial charge on any atom is 0.416 e. The Hall–Kier alpha value is -2.23. The Bertz CT molecular complexity index is 1420. The molecule has 3 aliphatic rings. The number of alkyl halides is 3. The Morgan fingerprint density at radius 2 is 1.64 bits per heavy atom. The minimum atomic E-state index is -4.42. The van der Waals surface area contributed by atoms with E-state index >= 15 is 0 Å². The number of pyridine rings is 1. The van der Waals surface area contributed by atoms with Gasteiger partial charge in [0.1, 0.15) is 12.2 Å². The Labute approximate surface area is 261 Å². The van der Waals surface area contributed by atoms with Crippen LogP contribution in [0.3, 0.4) is 0 Å². The normalized spacial score (nSPS) is 24.5. The van der Waals surface area contributed by atoms with Crippen molar-refractivity contribution in [2.45, 2.75) is 142 Å². The van der Waals surface area contributed by atoms with Gasteiger partial charge in [-0.1, -0.05) is 73.4 Å². The summed E-state index contributed by atoms with van der Waals surface area (Å²) in [4.78, 5) is 17.9. The predicted octanol–water partition coefficient (Wildman–Crippen LogP) is 10.2. The molecule has 0 radical (unpaired) electrons. The van der Waals surface area contributed by atoms with Gasteiger partial charge in [0.25, 0.3) is 0 Å². The molecular weight excluding hydrogens is 583 g/mol. The van der Waals surface area contributed by atoms with E-state index < -0.39 is 43.3 Å². The van der Waals surface area contributed by atoms with Crippen LogP contribution in [0.25, 0.3) is 0 Å². The molecule has 1 aromatic heterocycles. The van der Waals surface area contributed by atoms with Crippen LogP contribution in [0.15, 0.2) is 24.3 Å². The van der Waals surface area contributed by atoms with Crippen LogP contribution >= 0.6 is 0 Å². The summed E-state index contributed by atoms with van der Waals surface area (Å²) in [5.41, 5.74) is 3.51. The van der Waals surface area contributed by atoms with Gasteiger partial charge in [-0.3, -0.25) is 9.78 Å². The van der Waals surface area contributed by atoms with Crippen molar-refractivity contribution in [2.24, 2.45) is 5.41 Å². The average Bonchev–Trinajstić information content (AvgIpc) is 3.49. The lowest BCUT2D eigenvalue weighted by atomic mass is 9.68. The van der Waals surface area contributed by atoms with Gasteiger partial charge < -0.3 is 13.9 Å². The number of esters is 1. The molecule has 1 spiro atoms. The van der Waals surface area contributed by atoms with Gasteiger partial charge in [0.2, 0.25) is 0 Å². The quantitative estimate of drug-likeness (QED) is 0.243. The van der Waals surface area contributed by atoms with Gasteiger partial charge in [-0.05, 0) is 66.6 Å². The number of carbonyl (C=O) groups is 1. The summed E-state index contributed by atoms with van der Waals surface area (Å²) < 4.78 is 60.9. The second kappa shape index (κ2) is 10.9. The SMILES string of the molecule is CC(=O)O[C@H]1c2nc(C(C)C)c3c(c2C(O[Si](C)(C)C(C)(C)C)CC1(C)C)C1(CCCC1)O[C@@H]3c1ccc(C(F)(F)F)cc1. The van der Waals surface area contributed by atoms with E-state index in [-0.39, 0.29) is 23.0 Å². The van der Waals surface area contributed by atoms with Gasteiger partial charge in [-0.25, -0.2) is 0 Å². The first-order valence-corrected chi connectivity index (χ1v) is 18.9. The predicted molar refractivity (Wildman–Crippen MR) is 167 cm³/mol. The molecule has 2 aromatic rings. The van der Waals surface area contributed by atoms with Crippen LogP contribution in [0.2, 0.25) is 18.1 Å². The zero-order valence-corrected chi connectivity index (χ0v) is 28.9. The molecule has 5 rings (SSSR count). The number of rotatable bonds is 5. The molecule has 9 heteroatoms. The van der Waals surface area contributed by atoms with Crippen LogP contribution in [-0.2, 0) is 30.5 Å². The first-order chi connectivity index (χ1) is 20.2. The van der Waals surface area contributed by atoms with E-state index in [4.69, 9.17) is 18.9 Å². The molecule has 1 aliphatic heterocycles. The van der Waals surface area contributed by atoms with Gasteiger partial charge >= 0.3 is 12.1 Å². The highest BCUT2D eigenvalue weighted by molar-refractivity contribution is 6.74. The van der Waals surface area contributed by atoms with E-state index in [0.29, 0.717) is 12.0 Å². The average molecular weight is 632 g/mol. The van der Waals surface area contributed by atoms with Crippen molar-refractivity contribution in [1.29, 1.82) is 0 Å². The molecule has 1 fully saturated rings. The van der Waals surface area contributed by atoms with E-state index in [9.17, 15) is 18.0 Å². The molecule has 5 nitrogen and oxygen atoms in total. The fourth-order valence-electron chi connectivity index (χ4n) is 7.18. The molecular formula is C35H48F3NO4Si. The summed E-state index contributed by atoms with van der Waals surface area (Å²) >= 11 is 0. The van der Waals surface area contributed by atoms with Gasteiger partial charge in [-0.2, -0.15) is 13.2 Å². The topological polar surface area (TPSA) is 57.7 Å². The first kappa shape index (κ1) is 33.1.